The molecule has 0 aliphatic carbocycles. The van der Waals surface area contributed by atoms with Crippen LogP contribution in [0.3, 0.4) is 0 Å². The van der Waals surface area contributed by atoms with Crippen LogP contribution in [0.25, 0.3) is 66.6 Å². The molecule has 0 spiro atoms. The normalized spacial score (nSPS) is 15.4. The average molecular weight is 785 g/mol. The van der Waals surface area contributed by atoms with Gasteiger partial charge in [-0.25, -0.2) is 18.7 Å². The number of piperazine rings is 2. The third-order valence-electron chi connectivity index (χ3n) is 11.2. The second-order valence-corrected chi connectivity index (χ2v) is 15.0. The quantitative estimate of drug-likeness (QED) is 0.140. The van der Waals surface area contributed by atoms with E-state index in [2.05, 4.69) is 63.6 Å². The lowest BCUT2D eigenvalue weighted by Crippen LogP contribution is -2.44. The minimum Gasteiger partial charge on any atom is -0.397 e. The van der Waals surface area contributed by atoms with Crippen LogP contribution in [0.15, 0.2) is 82.4 Å². The first-order chi connectivity index (χ1) is 28.0. The van der Waals surface area contributed by atoms with Crippen molar-refractivity contribution in [1.82, 2.24) is 39.7 Å². The summed E-state index contributed by atoms with van der Waals surface area (Å²) in [4.78, 5) is 55.4. The highest BCUT2D eigenvalue weighted by molar-refractivity contribution is 5.99. The molecule has 10 rings (SSSR count). The van der Waals surface area contributed by atoms with Gasteiger partial charge in [-0.15, -0.1) is 0 Å². The Labute approximate surface area is 330 Å². The van der Waals surface area contributed by atoms with Crippen molar-refractivity contribution in [3.05, 3.63) is 105 Å². The minimum absolute atomic E-state index is 0.0835. The Morgan fingerprint density at radius 1 is 0.534 bits per heavy atom. The first-order valence-corrected chi connectivity index (χ1v) is 19.1. The number of nitrogens with zero attached hydrogens (tertiary/aromatic N) is 6. The number of halogens is 2. The van der Waals surface area contributed by atoms with Crippen LogP contribution in [0, 0.1) is 11.6 Å². The highest BCUT2D eigenvalue weighted by Crippen LogP contribution is 2.33. The van der Waals surface area contributed by atoms with E-state index >= 15 is 0 Å². The van der Waals surface area contributed by atoms with Crippen molar-refractivity contribution in [1.29, 1.82) is 0 Å². The van der Waals surface area contributed by atoms with Gasteiger partial charge in [0, 0.05) is 63.7 Å². The zero-order chi connectivity index (χ0) is 40.2. The van der Waals surface area contributed by atoms with Crippen molar-refractivity contribution >= 4 is 66.6 Å². The second-order valence-electron chi connectivity index (χ2n) is 15.0. The van der Waals surface area contributed by atoms with Crippen LogP contribution in [0.5, 0.6) is 0 Å². The van der Waals surface area contributed by atoms with E-state index in [1.165, 1.54) is 24.3 Å². The Kier molecular flexibility index (Phi) is 9.29. The molecule has 0 amide bonds. The summed E-state index contributed by atoms with van der Waals surface area (Å²) >= 11 is 0. The van der Waals surface area contributed by atoms with E-state index < -0.39 is 22.8 Å². The van der Waals surface area contributed by atoms with Gasteiger partial charge in [-0.2, -0.15) is 0 Å². The molecule has 2 saturated heterocycles. The Bertz CT molecular complexity index is 2770. The number of pyridine rings is 2. The predicted octanol–water partition coefficient (Wildman–Crippen LogP) is 5.09. The molecule has 0 unspecified atom stereocenters. The van der Waals surface area contributed by atoms with E-state index in [0.29, 0.717) is 22.7 Å². The molecule has 8 aromatic rings. The van der Waals surface area contributed by atoms with Gasteiger partial charge in [-0.3, -0.25) is 9.59 Å². The van der Waals surface area contributed by atoms with Crippen molar-refractivity contribution in [2.24, 2.45) is 0 Å². The van der Waals surface area contributed by atoms with Crippen molar-refractivity contribution in [3.63, 3.8) is 0 Å². The number of hydrogen-bond acceptors (Lipinski definition) is 10. The standard InChI is InChI=1S/2C21H21FN6O/c2*1-27-7-9-28(10-8-27)12-5-6-14-16(11-12)25-20(24-14)18-19(23)17-13(22)3-2-4-15(17)26-21(18)29/h2*2-6,11H,7-10H2,1H3,(H,24,25)(H3,23,26,29). The zero-order valence-electron chi connectivity index (χ0n) is 32.0. The van der Waals surface area contributed by atoms with Crippen LogP contribution in [-0.4, -0.2) is 106 Å². The molecule has 296 valence electrons. The Hall–Kier alpha value is -6.78. The summed E-state index contributed by atoms with van der Waals surface area (Å²) in [6.45, 7) is 7.89. The molecule has 0 saturated carbocycles. The Morgan fingerprint density at radius 3 is 1.33 bits per heavy atom. The number of imidazole rings is 2. The largest absolute Gasteiger partial charge is 0.397 e. The number of hydrogen-bond donors (Lipinski definition) is 6. The molecule has 16 heteroatoms. The van der Waals surface area contributed by atoms with E-state index in [0.717, 1.165) is 85.8 Å². The number of aromatic amines is 4. The van der Waals surface area contributed by atoms with Gasteiger partial charge in [0.2, 0.25) is 0 Å². The van der Waals surface area contributed by atoms with Crippen LogP contribution >= 0.6 is 0 Å². The summed E-state index contributed by atoms with van der Waals surface area (Å²) < 4.78 is 28.6. The monoisotopic (exact) mass is 784 g/mol. The number of nitrogen functional groups attached to an aromatic ring is 2. The zero-order valence-corrected chi connectivity index (χ0v) is 32.0. The Morgan fingerprint density at radius 2 is 0.931 bits per heavy atom. The summed E-state index contributed by atoms with van der Waals surface area (Å²) in [5.41, 5.74) is 18.1. The molecule has 2 fully saturated rings. The predicted molar refractivity (Wildman–Crippen MR) is 227 cm³/mol. The van der Waals surface area contributed by atoms with Crippen LogP contribution in [0.4, 0.5) is 31.5 Å². The lowest BCUT2D eigenvalue weighted by Gasteiger charge is -2.34. The summed E-state index contributed by atoms with van der Waals surface area (Å²) in [7, 11) is 4.24. The summed E-state index contributed by atoms with van der Waals surface area (Å²) in [6.07, 6.45) is 0. The van der Waals surface area contributed by atoms with Crippen molar-refractivity contribution in [2.45, 2.75) is 0 Å². The smallest absolute Gasteiger partial charge is 0.261 e. The highest BCUT2D eigenvalue weighted by atomic mass is 19.1. The molecule has 6 heterocycles. The maximum Gasteiger partial charge on any atom is 0.261 e. The van der Waals surface area contributed by atoms with E-state index in [9.17, 15) is 18.4 Å². The third-order valence-corrected chi connectivity index (χ3v) is 11.2. The summed E-state index contributed by atoms with van der Waals surface area (Å²) in [6, 6.07) is 20.9. The fourth-order valence-corrected chi connectivity index (χ4v) is 7.89. The number of H-pyrrole nitrogens is 4. The number of fused-ring (bicyclic) bond motifs is 4. The molecule has 2 aliphatic rings. The lowest BCUT2D eigenvalue weighted by molar-refractivity contribution is 0.313. The first-order valence-electron chi connectivity index (χ1n) is 19.1. The number of anilines is 4. The van der Waals surface area contributed by atoms with Crippen LogP contribution < -0.4 is 32.4 Å². The molecule has 58 heavy (non-hydrogen) atoms. The molecule has 4 aromatic carbocycles. The van der Waals surface area contributed by atoms with Gasteiger partial charge in [0.15, 0.2) is 0 Å². The van der Waals surface area contributed by atoms with Crippen molar-refractivity contribution in [3.8, 4) is 22.8 Å². The van der Waals surface area contributed by atoms with Crippen LogP contribution in [0.1, 0.15) is 0 Å². The van der Waals surface area contributed by atoms with Gasteiger partial charge < -0.3 is 51.0 Å². The van der Waals surface area contributed by atoms with E-state index in [-0.39, 0.29) is 33.3 Å². The van der Waals surface area contributed by atoms with Gasteiger partial charge in [0.25, 0.3) is 11.1 Å². The number of rotatable bonds is 4. The molecular formula is C42H42F2N12O2. The maximum atomic E-state index is 14.3. The van der Waals surface area contributed by atoms with Crippen molar-refractivity contribution < 1.29 is 8.78 Å². The fourth-order valence-electron chi connectivity index (χ4n) is 7.89. The number of benzene rings is 4. The third kappa shape index (κ3) is 6.65. The van der Waals surface area contributed by atoms with E-state index in [4.69, 9.17) is 11.5 Å². The number of likely N-dealkylation sites (N-methyl/N-ethyl adjacent to an activating group) is 2. The van der Waals surface area contributed by atoms with Crippen LogP contribution in [-0.2, 0) is 0 Å². The van der Waals surface area contributed by atoms with Gasteiger partial charge >= 0.3 is 0 Å². The number of nitrogens with one attached hydrogen (secondary N) is 4. The van der Waals surface area contributed by atoms with Gasteiger partial charge in [-0.1, -0.05) is 12.1 Å². The molecule has 14 nitrogen and oxygen atoms in total. The topological polar surface area (TPSA) is 188 Å². The summed E-state index contributed by atoms with van der Waals surface area (Å²) in [5, 5.41) is 0.390. The number of nitrogens with two attached hydrogens (primary N) is 2. The van der Waals surface area contributed by atoms with Crippen LogP contribution in [0.2, 0.25) is 0 Å². The number of aromatic nitrogens is 6. The summed E-state index contributed by atoms with van der Waals surface area (Å²) in [5.74, 6) is -0.296. The molecule has 4 aromatic heterocycles. The molecule has 0 atom stereocenters. The molecule has 0 radical (unpaired) electrons. The van der Waals surface area contributed by atoms with Gasteiger partial charge in [-0.05, 0) is 74.8 Å². The lowest BCUT2D eigenvalue weighted by atomic mass is 10.1. The first kappa shape index (κ1) is 36.8. The molecular weight excluding hydrogens is 743 g/mol. The molecule has 0 bridgehead atoms. The minimum atomic E-state index is -0.481. The maximum absolute atomic E-state index is 14.3. The Balaban J connectivity index is 0.000000150. The van der Waals surface area contributed by atoms with Crippen molar-refractivity contribution in [2.75, 3.05) is 87.7 Å². The fraction of sp³-hybridized carbons (Fsp3) is 0.238. The van der Waals surface area contributed by atoms with Gasteiger partial charge in [0.1, 0.15) is 34.4 Å². The van der Waals surface area contributed by atoms with Gasteiger partial charge in [0.05, 0.1) is 55.2 Å². The molecule has 2 aliphatic heterocycles. The average Bonchev–Trinajstić information content (AvgIpc) is 3.82. The SMILES string of the molecule is CN1CCN(c2ccc3nc(-c4c(N)c5c(F)cccc5[nH]c4=O)[nH]c3c2)CC1.CN1CCN(c2ccc3nc(-c4c(N)c5c(F)cccc5[nH]c4=O)[nH]c3c2)CC1. The second kappa shape index (κ2) is 14.6. The van der Waals surface area contributed by atoms with E-state index in [1.807, 2.05) is 36.4 Å². The molecule has 8 N–H and O–H groups in total. The van der Waals surface area contributed by atoms with E-state index in [1.54, 1.807) is 12.1 Å². The highest BCUT2D eigenvalue weighted by Gasteiger charge is 2.22.